The van der Waals surface area contributed by atoms with Crippen molar-refractivity contribution in [1.29, 1.82) is 5.26 Å². The fourth-order valence-corrected chi connectivity index (χ4v) is 1.71. The Morgan fingerprint density at radius 2 is 2.00 bits per heavy atom. The van der Waals surface area contributed by atoms with Gasteiger partial charge in [0.25, 0.3) is 5.91 Å². The van der Waals surface area contributed by atoms with Crippen molar-refractivity contribution in [3.63, 3.8) is 0 Å². The molecule has 1 aromatic carbocycles. The molecule has 96 valence electrons. The van der Waals surface area contributed by atoms with Gasteiger partial charge in [-0.05, 0) is 24.3 Å². The summed E-state index contributed by atoms with van der Waals surface area (Å²) in [4.78, 5) is 15.5. The van der Waals surface area contributed by atoms with Crippen molar-refractivity contribution in [2.45, 2.75) is 19.8 Å². The van der Waals surface area contributed by atoms with Crippen LogP contribution in [0.2, 0.25) is 0 Å². The summed E-state index contributed by atoms with van der Waals surface area (Å²) in [5, 5.41) is 8.74. The van der Waals surface area contributed by atoms with Crippen LogP contribution in [0.5, 0.6) is 0 Å². The van der Waals surface area contributed by atoms with Crippen molar-refractivity contribution < 1.29 is 9.21 Å². The largest absolute Gasteiger partial charge is 0.440 e. The van der Waals surface area contributed by atoms with Gasteiger partial charge in [0.05, 0.1) is 11.6 Å². The second-order valence-electron chi connectivity index (χ2n) is 4.44. The Balaban J connectivity index is 2.48. The summed E-state index contributed by atoms with van der Waals surface area (Å²) in [5.74, 6) is 0.225. The molecule has 5 nitrogen and oxygen atoms in total. The van der Waals surface area contributed by atoms with Gasteiger partial charge in [-0.2, -0.15) is 5.26 Å². The predicted octanol–water partition coefficient (Wildman–Crippen LogP) is 2.44. The van der Waals surface area contributed by atoms with Crippen LogP contribution in [0.1, 0.15) is 41.6 Å². The molecule has 0 unspecified atom stereocenters. The van der Waals surface area contributed by atoms with Gasteiger partial charge in [0.1, 0.15) is 5.76 Å². The van der Waals surface area contributed by atoms with Crippen LogP contribution in [0.3, 0.4) is 0 Å². The first-order valence-electron chi connectivity index (χ1n) is 5.84. The number of rotatable bonds is 3. The number of primary amides is 1. The molecular weight excluding hydrogens is 242 g/mol. The number of nitrogens with zero attached hydrogens (tertiary/aromatic N) is 2. The van der Waals surface area contributed by atoms with Crippen LogP contribution in [0.15, 0.2) is 28.7 Å². The zero-order valence-corrected chi connectivity index (χ0v) is 10.7. The number of aromatic nitrogens is 1. The zero-order chi connectivity index (χ0) is 14.0. The van der Waals surface area contributed by atoms with E-state index in [4.69, 9.17) is 15.4 Å². The molecule has 19 heavy (non-hydrogen) atoms. The Labute approximate surface area is 110 Å². The molecule has 5 heteroatoms. The van der Waals surface area contributed by atoms with Crippen LogP contribution in [-0.2, 0) is 0 Å². The number of amides is 1. The number of oxazole rings is 1. The first-order chi connectivity index (χ1) is 9.02. The van der Waals surface area contributed by atoms with Gasteiger partial charge in [-0.25, -0.2) is 4.98 Å². The van der Waals surface area contributed by atoms with Crippen molar-refractivity contribution >= 4 is 5.91 Å². The lowest BCUT2D eigenvalue weighted by Crippen LogP contribution is -2.14. The van der Waals surface area contributed by atoms with E-state index in [1.807, 2.05) is 19.9 Å². The molecule has 1 amide bonds. The van der Waals surface area contributed by atoms with E-state index >= 15 is 0 Å². The van der Waals surface area contributed by atoms with Gasteiger partial charge in [0.2, 0.25) is 5.89 Å². The molecule has 1 heterocycles. The summed E-state index contributed by atoms with van der Waals surface area (Å²) >= 11 is 0. The number of nitrogens with two attached hydrogens (primary N) is 1. The average molecular weight is 255 g/mol. The monoisotopic (exact) mass is 255 g/mol. The normalized spacial score (nSPS) is 10.4. The van der Waals surface area contributed by atoms with Crippen LogP contribution in [0, 0.1) is 11.3 Å². The number of hydrogen-bond acceptors (Lipinski definition) is 4. The van der Waals surface area contributed by atoms with Gasteiger partial charge < -0.3 is 10.2 Å². The lowest BCUT2D eigenvalue weighted by molar-refractivity contribution is 0.0994. The summed E-state index contributed by atoms with van der Waals surface area (Å²) in [6.45, 7) is 3.80. The Morgan fingerprint density at radius 3 is 2.42 bits per heavy atom. The van der Waals surface area contributed by atoms with Gasteiger partial charge in [-0.3, -0.25) is 4.79 Å². The molecule has 2 aromatic rings. The van der Waals surface area contributed by atoms with Crippen LogP contribution < -0.4 is 5.73 Å². The predicted molar refractivity (Wildman–Crippen MR) is 69.3 cm³/mol. The molecule has 0 aliphatic carbocycles. The molecule has 0 radical (unpaired) electrons. The molecule has 0 bridgehead atoms. The fraction of sp³-hybridized carbons (Fsp3) is 0.214. The minimum absolute atomic E-state index is 0.0159. The molecule has 0 aliphatic rings. The van der Waals surface area contributed by atoms with E-state index in [1.165, 1.54) is 0 Å². The van der Waals surface area contributed by atoms with Crippen molar-refractivity contribution in [1.82, 2.24) is 4.98 Å². The molecule has 0 atom stereocenters. The molecular formula is C14H13N3O2. The number of carbonyl (C=O) groups is 1. The second kappa shape index (κ2) is 4.94. The van der Waals surface area contributed by atoms with Crippen LogP contribution in [-0.4, -0.2) is 10.9 Å². The summed E-state index contributed by atoms with van der Waals surface area (Å²) in [6, 6.07) is 8.81. The maximum Gasteiger partial charge on any atom is 0.270 e. The van der Waals surface area contributed by atoms with E-state index in [2.05, 4.69) is 4.98 Å². The van der Waals surface area contributed by atoms with Crippen LogP contribution >= 0.6 is 0 Å². The molecule has 0 spiro atoms. The molecule has 0 aliphatic heterocycles. The van der Waals surface area contributed by atoms with Crippen LogP contribution in [0.4, 0.5) is 0 Å². The first kappa shape index (κ1) is 12.8. The van der Waals surface area contributed by atoms with E-state index in [0.29, 0.717) is 22.8 Å². The fourth-order valence-electron chi connectivity index (χ4n) is 1.71. The molecule has 0 fully saturated rings. The van der Waals surface area contributed by atoms with Gasteiger partial charge in [-0.1, -0.05) is 13.8 Å². The van der Waals surface area contributed by atoms with Crippen molar-refractivity contribution in [3.8, 4) is 17.5 Å². The summed E-state index contributed by atoms with van der Waals surface area (Å²) < 4.78 is 5.60. The SMILES string of the molecule is CC(C)c1oc(-c2ccc(C#N)cc2)nc1C(N)=O. The van der Waals surface area contributed by atoms with Crippen molar-refractivity contribution in [2.75, 3.05) is 0 Å². The summed E-state index contributed by atoms with van der Waals surface area (Å²) in [6.07, 6.45) is 0. The van der Waals surface area contributed by atoms with Gasteiger partial charge >= 0.3 is 0 Å². The molecule has 0 saturated carbocycles. The van der Waals surface area contributed by atoms with Crippen molar-refractivity contribution in [3.05, 3.63) is 41.3 Å². The highest BCUT2D eigenvalue weighted by atomic mass is 16.4. The third-order valence-corrected chi connectivity index (χ3v) is 2.67. The van der Waals surface area contributed by atoms with E-state index in [1.54, 1.807) is 24.3 Å². The Morgan fingerprint density at radius 1 is 1.37 bits per heavy atom. The molecule has 2 N–H and O–H groups in total. The Kier molecular flexibility index (Phi) is 3.34. The first-order valence-corrected chi connectivity index (χ1v) is 5.84. The van der Waals surface area contributed by atoms with E-state index in [0.717, 1.165) is 0 Å². The topological polar surface area (TPSA) is 92.9 Å². The Bertz CT molecular complexity index is 648. The zero-order valence-electron chi connectivity index (χ0n) is 10.7. The maximum atomic E-state index is 11.3. The molecule has 1 aromatic heterocycles. The number of nitriles is 1. The van der Waals surface area contributed by atoms with Crippen LogP contribution in [0.25, 0.3) is 11.5 Å². The third kappa shape index (κ3) is 2.47. The smallest absolute Gasteiger partial charge is 0.270 e. The summed E-state index contributed by atoms with van der Waals surface area (Å²) in [7, 11) is 0. The number of benzene rings is 1. The molecule has 2 rings (SSSR count). The minimum Gasteiger partial charge on any atom is -0.440 e. The molecule has 0 saturated heterocycles. The highest BCUT2D eigenvalue weighted by Gasteiger charge is 2.20. The van der Waals surface area contributed by atoms with E-state index < -0.39 is 5.91 Å². The average Bonchev–Trinajstić information content (AvgIpc) is 2.84. The highest BCUT2D eigenvalue weighted by molar-refractivity contribution is 5.92. The lowest BCUT2D eigenvalue weighted by Gasteiger charge is -2.00. The Hall–Kier alpha value is -2.61. The number of hydrogen-bond donors (Lipinski definition) is 1. The van der Waals surface area contributed by atoms with Gasteiger partial charge in [0, 0.05) is 11.5 Å². The minimum atomic E-state index is -0.604. The lowest BCUT2D eigenvalue weighted by atomic mass is 10.1. The second-order valence-corrected chi connectivity index (χ2v) is 4.44. The summed E-state index contributed by atoms with van der Waals surface area (Å²) in [5.41, 5.74) is 6.70. The number of carbonyl (C=O) groups excluding carboxylic acids is 1. The van der Waals surface area contributed by atoms with Gasteiger partial charge in [0.15, 0.2) is 5.69 Å². The highest BCUT2D eigenvalue weighted by Crippen LogP contribution is 2.26. The maximum absolute atomic E-state index is 11.3. The van der Waals surface area contributed by atoms with E-state index in [-0.39, 0.29) is 11.6 Å². The van der Waals surface area contributed by atoms with Crippen molar-refractivity contribution in [2.24, 2.45) is 5.73 Å². The van der Waals surface area contributed by atoms with E-state index in [9.17, 15) is 4.79 Å². The third-order valence-electron chi connectivity index (χ3n) is 2.67. The quantitative estimate of drug-likeness (QED) is 0.911. The van der Waals surface area contributed by atoms with Gasteiger partial charge in [-0.15, -0.1) is 0 Å². The standard InChI is InChI=1S/C14H13N3O2/c1-8(2)12-11(13(16)18)17-14(19-12)10-5-3-9(7-15)4-6-10/h3-6,8H,1-2H3,(H2,16,18).